The van der Waals surface area contributed by atoms with Crippen molar-refractivity contribution in [2.75, 3.05) is 33.2 Å². The first-order chi connectivity index (χ1) is 11.0. The molecular weight excluding hydrogens is 290 g/mol. The zero-order chi connectivity index (χ0) is 16.4. The Morgan fingerprint density at radius 3 is 3.09 bits per heavy atom. The van der Waals surface area contributed by atoms with Crippen LogP contribution in [-0.2, 0) is 0 Å². The quantitative estimate of drug-likeness (QED) is 0.844. The molecule has 124 valence electrons. The van der Waals surface area contributed by atoms with Crippen LogP contribution in [0.25, 0.3) is 5.65 Å². The first kappa shape index (κ1) is 15.9. The Hall–Kier alpha value is -1.95. The van der Waals surface area contributed by atoms with E-state index in [0.29, 0.717) is 23.0 Å². The van der Waals surface area contributed by atoms with Gasteiger partial charge in [-0.2, -0.15) is 0 Å². The summed E-state index contributed by atoms with van der Waals surface area (Å²) in [4.78, 5) is 17.1. The Bertz CT molecular complexity index is 680. The summed E-state index contributed by atoms with van der Waals surface area (Å²) >= 11 is 0. The smallest absolute Gasteiger partial charge is 0.257 e. The zero-order valence-electron chi connectivity index (χ0n) is 14.1. The van der Waals surface area contributed by atoms with Gasteiger partial charge in [0.25, 0.3) is 5.91 Å². The van der Waals surface area contributed by atoms with E-state index in [1.807, 2.05) is 30.3 Å². The lowest BCUT2D eigenvalue weighted by Gasteiger charge is -2.22. The number of rotatable bonds is 5. The van der Waals surface area contributed by atoms with Gasteiger partial charge in [0.05, 0.1) is 5.56 Å². The van der Waals surface area contributed by atoms with E-state index in [1.54, 1.807) is 10.7 Å². The standard InChI is InChI=1S/C17H25N5O/c1-13(2)9-21-8-6-14(11-21)10-20(3)17(23)15-5-4-7-22-12-18-19-16(15)22/h4-5,7,12-14H,6,8-11H2,1-3H3/t14-/m1/s1. The van der Waals surface area contributed by atoms with Gasteiger partial charge in [0.2, 0.25) is 0 Å². The summed E-state index contributed by atoms with van der Waals surface area (Å²) in [6.45, 7) is 8.68. The number of amides is 1. The molecule has 3 heterocycles. The summed E-state index contributed by atoms with van der Waals surface area (Å²) < 4.78 is 1.78. The van der Waals surface area contributed by atoms with E-state index in [4.69, 9.17) is 0 Å². The highest BCUT2D eigenvalue weighted by Gasteiger charge is 2.26. The first-order valence-corrected chi connectivity index (χ1v) is 8.30. The predicted octanol–water partition coefficient (Wildman–Crippen LogP) is 1.78. The first-order valence-electron chi connectivity index (χ1n) is 8.30. The minimum Gasteiger partial charge on any atom is -0.341 e. The SMILES string of the molecule is CC(C)CN1CC[C@H](CN(C)C(=O)c2cccn3cnnc23)C1. The van der Waals surface area contributed by atoms with Crippen molar-refractivity contribution in [1.29, 1.82) is 0 Å². The molecule has 6 heteroatoms. The second-order valence-electron chi connectivity index (χ2n) is 6.98. The Kier molecular flexibility index (Phi) is 4.61. The molecule has 1 amide bonds. The lowest BCUT2D eigenvalue weighted by Crippen LogP contribution is -2.34. The van der Waals surface area contributed by atoms with Crippen molar-refractivity contribution in [1.82, 2.24) is 24.4 Å². The summed E-state index contributed by atoms with van der Waals surface area (Å²) in [5.74, 6) is 1.27. The van der Waals surface area contributed by atoms with Crippen LogP contribution in [0.2, 0.25) is 0 Å². The molecule has 2 aromatic rings. The topological polar surface area (TPSA) is 53.7 Å². The van der Waals surface area contributed by atoms with Crippen molar-refractivity contribution in [3.8, 4) is 0 Å². The number of fused-ring (bicyclic) bond motifs is 1. The molecule has 0 aliphatic carbocycles. The van der Waals surface area contributed by atoms with Crippen LogP contribution in [0.1, 0.15) is 30.6 Å². The van der Waals surface area contributed by atoms with Gasteiger partial charge in [0.15, 0.2) is 5.65 Å². The fourth-order valence-electron chi connectivity index (χ4n) is 3.44. The van der Waals surface area contributed by atoms with Crippen LogP contribution >= 0.6 is 0 Å². The van der Waals surface area contributed by atoms with Gasteiger partial charge in [-0.15, -0.1) is 10.2 Å². The van der Waals surface area contributed by atoms with Crippen molar-refractivity contribution in [3.05, 3.63) is 30.2 Å². The van der Waals surface area contributed by atoms with Crippen molar-refractivity contribution in [2.24, 2.45) is 11.8 Å². The Morgan fingerprint density at radius 1 is 1.48 bits per heavy atom. The van der Waals surface area contributed by atoms with Crippen LogP contribution in [-0.4, -0.2) is 63.5 Å². The molecule has 0 saturated carbocycles. The van der Waals surface area contributed by atoms with Crippen molar-refractivity contribution < 1.29 is 4.79 Å². The summed E-state index contributed by atoms with van der Waals surface area (Å²) in [6.07, 6.45) is 4.64. The van der Waals surface area contributed by atoms with Gasteiger partial charge in [-0.3, -0.25) is 9.20 Å². The minimum atomic E-state index is 0.0194. The minimum absolute atomic E-state index is 0.0194. The molecule has 1 aliphatic rings. The number of pyridine rings is 1. The van der Waals surface area contributed by atoms with Crippen LogP contribution in [0.15, 0.2) is 24.7 Å². The maximum Gasteiger partial charge on any atom is 0.257 e. The Labute approximate surface area is 137 Å². The highest BCUT2D eigenvalue weighted by Crippen LogP contribution is 2.19. The van der Waals surface area contributed by atoms with E-state index in [0.717, 1.165) is 26.2 Å². The molecule has 1 atom stereocenters. The Balaban J connectivity index is 1.63. The number of carbonyl (C=O) groups excluding carboxylic acids is 1. The molecule has 2 aromatic heterocycles. The Morgan fingerprint density at radius 2 is 2.30 bits per heavy atom. The van der Waals surface area contributed by atoms with E-state index in [9.17, 15) is 4.79 Å². The van der Waals surface area contributed by atoms with Gasteiger partial charge < -0.3 is 9.80 Å². The largest absolute Gasteiger partial charge is 0.341 e. The highest BCUT2D eigenvalue weighted by atomic mass is 16.2. The van der Waals surface area contributed by atoms with Gasteiger partial charge in [-0.25, -0.2) is 0 Å². The molecule has 0 spiro atoms. The van der Waals surface area contributed by atoms with Crippen LogP contribution in [0.3, 0.4) is 0 Å². The number of hydrogen-bond acceptors (Lipinski definition) is 4. The number of nitrogens with zero attached hydrogens (tertiary/aromatic N) is 5. The van der Waals surface area contributed by atoms with Crippen molar-refractivity contribution >= 4 is 11.6 Å². The third-order valence-electron chi connectivity index (χ3n) is 4.43. The maximum atomic E-state index is 12.7. The molecule has 1 saturated heterocycles. The number of likely N-dealkylation sites (tertiary alicyclic amines) is 1. The fraction of sp³-hybridized carbons (Fsp3) is 0.588. The summed E-state index contributed by atoms with van der Waals surface area (Å²) in [7, 11) is 1.88. The number of hydrogen-bond donors (Lipinski definition) is 0. The normalized spacial score (nSPS) is 18.9. The fourth-order valence-corrected chi connectivity index (χ4v) is 3.44. The molecule has 23 heavy (non-hydrogen) atoms. The van der Waals surface area contributed by atoms with E-state index < -0.39 is 0 Å². The summed E-state index contributed by atoms with van der Waals surface area (Å²) in [5, 5.41) is 7.94. The molecule has 0 N–H and O–H groups in total. The third kappa shape index (κ3) is 3.52. The van der Waals surface area contributed by atoms with Crippen LogP contribution in [0.4, 0.5) is 0 Å². The monoisotopic (exact) mass is 315 g/mol. The van der Waals surface area contributed by atoms with E-state index in [-0.39, 0.29) is 5.91 Å². The van der Waals surface area contributed by atoms with Crippen molar-refractivity contribution in [2.45, 2.75) is 20.3 Å². The van der Waals surface area contributed by atoms with Gasteiger partial charge >= 0.3 is 0 Å². The van der Waals surface area contributed by atoms with Gasteiger partial charge in [-0.1, -0.05) is 13.8 Å². The predicted molar refractivity (Wildman–Crippen MR) is 89.3 cm³/mol. The molecular formula is C17H25N5O. The molecule has 0 bridgehead atoms. The van der Waals surface area contributed by atoms with Gasteiger partial charge in [0, 0.05) is 32.9 Å². The molecule has 6 nitrogen and oxygen atoms in total. The third-order valence-corrected chi connectivity index (χ3v) is 4.43. The zero-order valence-corrected chi connectivity index (χ0v) is 14.1. The summed E-state index contributed by atoms with van der Waals surface area (Å²) in [6, 6.07) is 3.68. The molecule has 3 rings (SSSR count). The molecule has 1 aliphatic heterocycles. The lowest BCUT2D eigenvalue weighted by molar-refractivity contribution is 0.0774. The average Bonchev–Trinajstić information content (AvgIpc) is 3.14. The van der Waals surface area contributed by atoms with E-state index in [1.165, 1.54) is 6.42 Å². The summed E-state index contributed by atoms with van der Waals surface area (Å²) in [5.41, 5.74) is 1.24. The second-order valence-corrected chi connectivity index (χ2v) is 6.98. The molecule has 0 radical (unpaired) electrons. The molecule has 1 fully saturated rings. The van der Waals surface area contributed by atoms with Crippen LogP contribution in [0.5, 0.6) is 0 Å². The van der Waals surface area contributed by atoms with Crippen molar-refractivity contribution in [3.63, 3.8) is 0 Å². The van der Waals surface area contributed by atoms with E-state index in [2.05, 4.69) is 28.9 Å². The second kappa shape index (κ2) is 6.66. The number of carbonyl (C=O) groups is 1. The molecule has 0 aromatic carbocycles. The van der Waals surface area contributed by atoms with E-state index >= 15 is 0 Å². The average molecular weight is 315 g/mol. The lowest BCUT2D eigenvalue weighted by atomic mass is 10.1. The number of aromatic nitrogens is 3. The maximum absolute atomic E-state index is 12.7. The van der Waals surface area contributed by atoms with Crippen LogP contribution in [0, 0.1) is 11.8 Å². The van der Waals surface area contributed by atoms with Crippen LogP contribution < -0.4 is 0 Å². The van der Waals surface area contributed by atoms with Gasteiger partial charge in [-0.05, 0) is 36.9 Å². The molecule has 0 unspecified atom stereocenters. The van der Waals surface area contributed by atoms with Gasteiger partial charge in [0.1, 0.15) is 6.33 Å². The highest BCUT2D eigenvalue weighted by molar-refractivity contribution is 5.99.